The van der Waals surface area contributed by atoms with Gasteiger partial charge in [-0.1, -0.05) is 30.3 Å². The van der Waals surface area contributed by atoms with E-state index >= 15 is 0 Å². The number of hydrogen-bond donors (Lipinski definition) is 2. The van der Waals surface area contributed by atoms with Gasteiger partial charge in [0.05, 0.1) is 0 Å². The summed E-state index contributed by atoms with van der Waals surface area (Å²) in [4.78, 5) is 0. The third kappa shape index (κ3) is 2.36. The van der Waals surface area contributed by atoms with Crippen LogP contribution in [0.3, 0.4) is 0 Å². The molecule has 2 aromatic carbocycles. The molecule has 3 heteroatoms. The van der Waals surface area contributed by atoms with Gasteiger partial charge >= 0.3 is 0 Å². The molecular formula is C15H15BrN2. The number of halogens is 1. The number of anilines is 2. The molecule has 0 spiro atoms. The van der Waals surface area contributed by atoms with Crippen molar-refractivity contribution >= 4 is 27.3 Å². The van der Waals surface area contributed by atoms with Crippen LogP contribution in [0, 0.1) is 0 Å². The summed E-state index contributed by atoms with van der Waals surface area (Å²) in [5.74, 6) is 0.635. The third-order valence-corrected chi connectivity index (χ3v) is 4.01. The van der Waals surface area contributed by atoms with Crippen molar-refractivity contribution in [2.24, 2.45) is 0 Å². The highest BCUT2D eigenvalue weighted by molar-refractivity contribution is 9.10. The Morgan fingerprint density at radius 3 is 2.61 bits per heavy atom. The average molecular weight is 303 g/mol. The zero-order valence-corrected chi connectivity index (χ0v) is 11.5. The summed E-state index contributed by atoms with van der Waals surface area (Å²) in [6.45, 7) is 0. The van der Waals surface area contributed by atoms with Gasteiger partial charge in [-0.3, -0.25) is 0 Å². The Kier molecular flexibility index (Phi) is 3.00. The number of benzene rings is 2. The van der Waals surface area contributed by atoms with Crippen molar-refractivity contribution in [3.05, 3.63) is 58.6 Å². The maximum atomic E-state index is 5.73. The molecule has 92 valence electrons. The standard InChI is InChI=1S/C15H15BrN2/c16-13-8-11(17)6-7-14(13)18-15-9-12(15)10-4-2-1-3-5-10/h1-8,12,15,18H,9,17H2. The van der Waals surface area contributed by atoms with Crippen molar-refractivity contribution in [3.63, 3.8) is 0 Å². The van der Waals surface area contributed by atoms with Crippen LogP contribution < -0.4 is 11.1 Å². The molecule has 1 aliphatic carbocycles. The number of nitrogens with one attached hydrogen (secondary N) is 1. The normalized spacial score (nSPS) is 21.6. The van der Waals surface area contributed by atoms with Gasteiger partial charge < -0.3 is 11.1 Å². The molecule has 2 nitrogen and oxygen atoms in total. The minimum Gasteiger partial charge on any atom is -0.399 e. The molecule has 2 atom stereocenters. The molecule has 1 fully saturated rings. The molecule has 0 heterocycles. The summed E-state index contributed by atoms with van der Waals surface area (Å²) in [6, 6.07) is 17.1. The van der Waals surface area contributed by atoms with E-state index in [9.17, 15) is 0 Å². The lowest BCUT2D eigenvalue weighted by Crippen LogP contribution is -2.04. The first-order chi connectivity index (χ1) is 8.74. The van der Waals surface area contributed by atoms with Gasteiger partial charge in [0, 0.05) is 27.8 Å². The molecule has 1 saturated carbocycles. The van der Waals surface area contributed by atoms with Gasteiger partial charge in [-0.2, -0.15) is 0 Å². The van der Waals surface area contributed by atoms with Crippen LogP contribution in [0.25, 0.3) is 0 Å². The van der Waals surface area contributed by atoms with Gasteiger partial charge in [-0.05, 0) is 46.1 Å². The van der Waals surface area contributed by atoms with Crippen LogP contribution in [-0.2, 0) is 0 Å². The van der Waals surface area contributed by atoms with Crippen molar-refractivity contribution in [2.75, 3.05) is 11.1 Å². The highest BCUT2D eigenvalue weighted by Gasteiger charge is 2.38. The van der Waals surface area contributed by atoms with Crippen molar-refractivity contribution in [1.82, 2.24) is 0 Å². The zero-order valence-electron chi connectivity index (χ0n) is 9.94. The predicted molar refractivity (Wildman–Crippen MR) is 79.8 cm³/mol. The van der Waals surface area contributed by atoms with Crippen LogP contribution in [0.15, 0.2) is 53.0 Å². The summed E-state index contributed by atoms with van der Waals surface area (Å²) in [5.41, 5.74) is 9.05. The predicted octanol–water partition coefficient (Wildman–Crippen LogP) is 4.00. The minimum atomic E-state index is 0.535. The van der Waals surface area contributed by atoms with Crippen LogP contribution in [0.2, 0.25) is 0 Å². The first-order valence-corrected chi connectivity index (χ1v) is 6.90. The second kappa shape index (κ2) is 4.65. The molecule has 0 amide bonds. The minimum absolute atomic E-state index is 0.535. The second-order valence-corrected chi connectivity index (χ2v) is 5.60. The number of nitrogen functional groups attached to an aromatic ring is 1. The Labute approximate surface area is 115 Å². The monoisotopic (exact) mass is 302 g/mol. The van der Waals surface area contributed by atoms with E-state index in [-0.39, 0.29) is 0 Å². The van der Waals surface area contributed by atoms with Crippen molar-refractivity contribution in [2.45, 2.75) is 18.4 Å². The van der Waals surface area contributed by atoms with Gasteiger partial charge in [0.25, 0.3) is 0 Å². The first kappa shape index (κ1) is 11.6. The highest BCUT2D eigenvalue weighted by Crippen LogP contribution is 2.43. The molecule has 0 saturated heterocycles. The van der Waals surface area contributed by atoms with Gasteiger partial charge in [-0.15, -0.1) is 0 Å². The van der Waals surface area contributed by atoms with Gasteiger partial charge in [0.1, 0.15) is 0 Å². The topological polar surface area (TPSA) is 38.0 Å². The molecule has 2 aromatic rings. The number of nitrogens with two attached hydrogens (primary N) is 1. The molecule has 0 radical (unpaired) electrons. The largest absolute Gasteiger partial charge is 0.399 e. The lowest BCUT2D eigenvalue weighted by atomic mass is 10.1. The SMILES string of the molecule is Nc1ccc(NC2CC2c2ccccc2)c(Br)c1. The lowest BCUT2D eigenvalue weighted by Gasteiger charge is -2.09. The molecule has 0 bridgehead atoms. The van der Waals surface area contributed by atoms with E-state index in [1.54, 1.807) is 0 Å². The molecule has 0 aromatic heterocycles. The Bertz CT molecular complexity index is 554. The van der Waals surface area contributed by atoms with Crippen molar-refractivity contribution in [3.8, 4) is 0 Å². The Morgan fingerprint density at radius 1 is 1.11 bits per heavy atom. The number of rotatable bonds is 3. The molecule has 1 aliphatic rings. The van der Waals surface area contributed by atoms with E-state index in [1.807, 2.05) is 18.2 Å². The lowest BCUT2D eigenvalue weighted by molar-refractivity contribution is 1.04. The summed E-state index contributed by atoms with van der Waals surface area (Å²) in [5, 5.41) is 3.56. The van der Waals surface area contributed by atoms with E-state index in [1.165, 1.54) is 12.0 Å². The smallest absolute Gasteiger partial charge is 0.0488 e. The summed E-state index contributed by atoms with van der Waals surface area (Å²) < 4.78 is 1.03. The van der Waals surface area contributed by atoms with Crippen LogP contribution in [0.4, 0.5) is 11.4 Å². The fraction of sp³-hybridized carbons (Fsp3) is 0.200. The fourth-order valence-electron chi connectivity index (χ4n) is 2.27. The van der Waals surface area contributed by atoms with Crippen LogP contribution >= 0.6 is 15.9 Å². The molecule has 0 aliphatic heterocycles. The van der Waals surface area contributed by atoms with Gasteiger partial charge in [-0.25, -0.2) is 0 Å². The first-order valence-electron chi connectivity index (χ1n) is 6.10. The van der Waals surface area contributed by atoms with E-state index in [0.717, 1.165) is 15.8 Å². The zero-order chi connectivity index (χ0) is 12.5. The maximum absolute atomic E-state index is 5.73. The molecule has 2 unspecified atom stereocenters. The van der Waals surface area contributed by atoms with Crippen LogP contribution in [0.5, 0.6) is 0 Å². The van der Waals surface area contributed by atoms with E-state index < -0.39 is 0 Å². The quantitative estimate of drug-likeness (QED) is 0.841. The van der Waals surface area contributed by atoms with E-state index in [2.05, 4.69) is 51.6 Å². The molecule has 3 N–H and O–H groups in total. The van der Waals surface area contributed by atoms with E-state index in [4.69, 9.17) is 5.73 Å². The molecular weight excluding hydrogens is 288 g/mol. The Hall–Kier alpha value is -1.48. The summed E-state index contributed by atoms with van der Waals surface area (Å²) in [7, 11) is 0. The maximum Gasteiger partial charge on any atom is 0.0488 e. The molecule has 18 heavy (non-hydrogen) atoms. The third-order valence-electron chi connectivity index (χ3n) is 3.35. The molecule has 3 rings (SSSR count). The van der Waals surface area contributed by atoms with Gasteiger partial charge in [0.15, 0.2) is 0 Å². The number of hydrogen-bond acceptors (Lipinski definition) is 2. The Morgan fingerprint density at radius 2 is 1.89 bits per heavy atom. The van der Waals surface area contributed by atoms with Crippen LogP contribution in [-0.4, -0.2) is 6.04 Å². The fourth-order valence-corrected chi connectivity index (χ4v) is 2.78. The van der Waals surface area contributed by atoms with Crippen molar-refractivity contribution in [1.29, 1.82) is 0 Å². The van der Waals surface area contributed by atoms with E-state index in [0.29, 0.717) is 12.0 Å². The van der Waals surface area contributed by atoms with Crippen LogP contribution in [0.1, 0.15) is 17.9 Å². The Balaban J connectivity index is 1.69. The van der Waals surface area contributed by atoms with Crippen molar-refractivity contribution < 1.29 is 0 Å². The summed E-state index contributed by atoms with van der Waals surface area (Å²) in [6.07, 6.45) is 1.20. The average Bonchev–Trinajstić information content (AvgIpc) is 3.13. The highest BCUT2D eigenvalue weighted by atomic mass is 79.9. The second-order valence-electron chi connectivity index (χ2n) is 4.74. The van der Waals surface area contributed by atoms with Gasteiger partial charge in [0.2, 0.25) is 0 Å². The summed E-state index contributed by atoms with van der Waals surface area (Å²) >= 11 is 3.54.